The lowest BCUT2D eigenvalue weighted by molar-refractivity contribution is -0.123. The van der Waals surface area contributed by atoms with Gasteiger partial charge < -0.3 is 15.5 Å². The molecule has 0 aliphatic rings. The van der Waals surface area contributed by atoms with E-state index in [1.807, 2.05) is 0 Å². The zero-order valence-electron chi connectivity index (χ0n) is 32.7. The van der Waals surface area contributed by atoms with E-state index >= 15 is 0 Å². The van der Waals surface area contributed by atoms with Crippen molar-refractivity contribution in [3.63, 3.8) is 0 Å². The van der Waals surface area contributed by atoms with Crippen molar-refractivity contribution in [2.45, 2.75) is 225 Å². The number of carbonyl (C=O) groups is 1. The Morgan fingerprint density at radius 3 is 1.35 bits per heavy atom. The molecule has 2 atom stereocenters. The summed E-state index contributed by atoms with van der Waals surface area (Å²) in [6, 6.07) is -0.550. The van der Waals surface area contributed by atoms with Gasteiger partial charge in [-0.2, -0.15) is 0 Å². The van der Waals surface area contributed by atoms with Gasteiger partial charge in [-0.1, -0.05) is 204 Å². The molecule has 0 aliphatic carbocycles. The summed E-state index contributed by atoms with van der Waals surface area (Å²) in [4.78, 5) is 12.4. The summed E-state index contributed by atoms with van der Waals surface area (Å²) in [6.07, 6.45) is 54.7. The van der Waals surface area contributed by atoms with Crippen LogP contribution in [-0.2, 0) is 4.79 Å². The molecule has 0 saturated carbocycles. The Morgan fingerprint density at radius 1 is 0.510 bits per heavy atom. The highest BCUT2D eigenvalue weighted by atomic mass is 16.3. The van der Waals surface area contributed by atoms with Crippen LogP contribution in [0, 0.1) is 0 Å². The second-order valence-electron chi connectivity index (χ2n) is 14.4. The number of unbranched alkanes of at least 4 members (excludes halogenated alkanes) is 23. The van der Waals surface area contributed by atoms with Crippen LogP contribution in [0.15, 0.2) is 48.6 Å². The molecule has 0 aromatic carbocycles. The van der Waals surface area contributed by atoms with E-state index in [9.17, 15) is 15.0 Å². The van der Waals surface area contributed by atoms with Gasteiger partial charge in [0.15, 0.2) is 0 Å². The van der Waals surface area contributed by atoms with Crippen LogP contribution in [0.25, 0.3) is 0 Å². The van der Waals surface area contributed by atoms with Crippen molar-refractivity contribution in [1.82, 2.24) is 5.32 Å². The Morgan fingerprint density at radius 2 is 0.898 bits per heavy atom. The van der Waals surface area contributed by atoms with Gasteiger partial charge >= 0.3 is 0 Å². The Bertz CT molecular complexity index is 786. The minimum atomic E-state index is -0.671. The molecular weight excluding hydrogens is 602 g/mol. The van der Waals surface area contributed by atoms with Crippen LogP contribution in [-0.4, -0.2) is 34.9 Å². The number of hydrogen-bond acceptors (Lipinski definition) is 3. The van der Waals surface area contributed by atoms with E-state index in [1.165, 1.54) is 116 Å². The zero-order valence-corrected chi connectivity index (χ0v) is 32.7. The monoisotopic (exact) mass is 686 g/mol. The quantitative estimate of drug-likeness (QED) is 0.0447. The molecule has 0 bridgehead atoms. The van der Waals surface area contributed by atoms with Crippen LogP contribution in [0.3, 0.4) is 0 Å². The Hall–Kier alpha value is -1.65. The van der Waals surface area contributed by atoms with Crippen LogP contribution in [0.1, 0.15) is 213 Å². The van der Waals surface area contributed by atoms with E-state index in [0.29, 0.717) is 12.8 Å². The van der Waals surface area contributed by atoms with Gasteiger partial charge in [0.2, 0.25) is 5.91 Å². The molecular formula is C45H83NO3. The highest BCUT2D eigenvalue weighted by Crippen LogP contribution is 2.16. The van der Waals surface area contributed by atoms with Crippen molar-refractivity contribution in [3.05, 3.63) is 48.6 Å². The van der Waals surface area contributed by atoms with Crippen LogP contribution >= 0.6 is 0 Å². The molecule has 0 radical (unpaired) electrons. The molecule has 0 saturated heterocycles. The Kier molecular flexibility index (Phi) is 39.4. The maximum absolute atomic E-state index is 12.4. The van der Waals surface area contributed by atoms with Crippen molar-refractivity contribution >= 4 is 5.91 Å². The second-order valence-corrected chi connectivity index (χ2v) is 14.4. The number of carbonyl (C=O) groups excluding carboxylic acids is 1. The van der Waals surface area contributed by atoms with Gasteiger partial charge in [0.1, 0.15) is 0 Å². The lowest BCUT2D eigenvalue weighted by Crippen LogP contribution is -2.45. The number of amides is 1. The average molecular weight is 686 g/mol. The third kappa shape index (κ3) is 37.4. The topological polar surface area (TPSA) is 69.6 Å². The summed E-state index contributed by atoms with van der Waals surface area (Å²) in [6.45, 7) is 4.24. The predicted molar refractivity (Wildman–Crippen MR) is 216 cm³/mol. The molecule has 286 valence electrons. The molecule has 0 fully saturated rings. The van der Waals surface area contributed by atoms with Gasteiger partial charge in [0.25, 0.3) is 0 Å². The van der Waals surface area contributed by atoms with E-state index in [2.05, 4.69) is 67.8 Å². The third-order valence-corrected chi connectivity index (χ3v) is 9.60. The van der Waals surface area contributed by atoms with E-state index in [1.54, 1.807) is 0 Å². The van der Waals surface area contributed by atoms with Crippen molar-refractivity contribution < 1.29 is 15.0 Å². The minimum absolute atomic E-state index is 0.0550. The Balaban J connectivity index is 3.57. The van der Waals surface area contributed by atoms with Crippen molar-refractivity contribution in [2.24, 2.45) is 0 Å². The SMILES string of the molecule is CC/C=C\C/C=C\C/C=C\C/C=C\CCCCCCC(=O)NC(CO)C(O)CCCCCCCCCCCCCCCCCCCCCC. The smallest absolute Gasteiger partial charge is 0.220 e. The molecule has 4 nitrogen and oxygen atoms in total. The molecule has 0 aliphatic heterocycles. The normalized spacial score (nSPS) is 13.5. The first-order valence-electron chi connectivity index (χ1n) is 21.3. The van der Waals surface area contributed by atoms with E-state index in [-0.39, 0.29) is 12.5 Å². The van der Waals surface area contributed by atoms with Crippen molar-refractivity contribution in [2.75, 3.05) is 6.61 Å². The maximum Gasteiger partial charge on any atom is 0.220 e. The van der Waals surface area contributed by atoms with E-state index < -0.39 is 12.1 Å². The van der Waals surface area contributed by atoms with Crippen LogP contribution < -0.4 is 5.32 Å². The molecule has 3 N–H and O–H groups in total. The molecule has 0 rings (SSSR count). The second kappa shape index (κ2) is 40.8. The standard InChI is InChI=1S/C45H83NO3/c1-3-5-7-9-11-13-15-17-19-21-22-23-25-26-28-30-32-34-36-38-40-44(48)43(42-47)46-45(49)41-39-37-35-33-31-29-27-24-20-18-16-14-12-10-8-6-4-2/h6,8,12,14,18,20,27,29,43-44,47-48H,3-5,7,9-11,13,15-17,19,21-26,28,30-42H2,1-2H3,(H,46,49)/b8-6-,14-12-,20-18-,29-27-. The number of rotatable bonds is 38. The summed E-state index contributed by atoms with van der Waals surface area (Å²) >= 11 is 0. The molecule has 1 amide bonds. The fraction of sp³-hybridized carbons (Fsp3) is 0.800. The van der Waals surface area contributed by atoms with Crippen molar-refractivity contribution in [1.29, 1.82) is 0 Å². The van der Waals surface area contributed by atoms with Crippen molar-refractivity contribution in [3.8, 4) is 0 Å². The highest BCUT2D eigenvalue weighted by Gasteiger charge is 2.19. The summed E-state index contributed by atoms with van der Waals surface area (Å²) in [7, 11) is 0. The molecule has 49 heavy (non-hydrogen) atoms. The van der Waals surface area contributed by atoms with Crippen LogP contribution in [0.5, 0.6) is 0 Å². The fourth-order valence-electron chi connectivity index (χ4n) is 6.35. The molecule has 0 spiro atoms. The molecule has 2 unspecified atom stereocenters. The number of hydrogen-bond donors (Lipinski definition) is 3. The van der Waals surface area contributed by atoms with Gasteiger partial charge in [-0.25, -0.2) is 0 Å². The lowest BCUT2D eigenvalue weighted by atomic mass is 10.0. The first-order valence-corrected chi connectivity index (χ1v) is 21.3. The van der Waals surface area contributed by atoms with Gasteiger partial charge in [-0.3, -0.25) is 4.79 Å². The molecule has 0 heterocycles. The van der Waals surface area contributed by atoms with Gasteiger partial charge in [-0.15, -0.1) is 0 Å². The van der Waals surface area contributed by atoms with Crippen LogP contribution in [0.2, 0.25) is 0 Å². The number of aliphatic hydroxyl groups excluding tert-OH is 2. The summed E-state index contributed by atoms with van der Waals surface area (Å²) < 4.78 is 0. The largest absolute Gasteiger partial charge is 0.394 e. The van der Waals surface area contributed by atoms with Gasteiger partial charge in [-0.05, 0) is 51.4 Å². The minimum Gasteiger partial charge on any atom is -0.394 e. The number of allylic oxidation sites excluding steroid dienone is 8. The first-order chi connectivity index (χ1) is 24.2. The van der Waals surface area contributed by atoms with Crippen LogP contribution in [0.4, 0.5) is 0 Å². The number of aliphatic hydroxyl groups is 2. The zero-order chi connectivity index (χ0) is 35.7. The van der Waals surface area contributed by atoms with Gasteiger partial charge in [0, 0.05) is 6.42 Å². The molecule has 0 aromatic rings. The summed E-state index contributed by atoms with van der Waals surface area (Å²) in [5.74, 6) is -0.0550. The lowest BCUT2D eigenvalue weighted by Gasteiger charge is -2.22. The van der Waals surface area contributed by atoms with Gasteiger partial charge in [0.05, 0.1) is 18.8 Å². The average Bonchev–Trinajstić information content (AvgIpc) is 3.10. The number of nitrogens with one attached hydrogen (secondary N) is 1. The third-order valence-electron chi connectivity index (χ3n) is 9.60. The summed E-state index contributed by atoms with van der Waals surface area (Å²) in [5, 5.41) is 23.1. The first kappa shape index (κ1) is 47.4. The fourth-order valence-corrected chi connectivity index (χ4v) is 6.35. The van der Waals surface area contributed by atoms with E-state index in [0.717, 1.165) is 70.6 Å². The maximum atomic E-state index is 12.4. The van der Waals surface area contributed by atoms with E-state index in [4.69, 9.17) is 0 Å². The molecule has 0 aromatic heterocycles. The predicted octanol–water partition coefficient (Wildman–Crippen LogP) is 13.2. The molecule has 4 heteroatoms. The highest BCUT2D eigenvalue weighted by molar-refractivity contribution is 5.76. The summed E-state index contributed by atoms with van der Waals surface area (Å²) in [5.41, 5.74) is 0. The Labute approximate surface area is 305 Å².